The number of pyridine rings is 1. The second-order valence-corrected chi connectivity index (χ2v) is 2.81. The smallest absolute Gasteiger partial charge is 0.189 e. The van der Waals surface area contributed by atoms with Crippen LogP contribution in [0.5, 0.6) is 0 Å². The quantitative estimate of drug-likeness (QED) is 0.691. The van der Waals surface area contributed by atoms with Crippen molar-refractivity contribution in [2.24, 2.45) is 7.05 Å². The Bertz CT molecular complexity index is 476. The summed E-state index contributed by atoms with van der Waals surface area (Å²) in [5.41, 5.74) is 1.06. The molecule has 0 radical (unpaired) electrons. The molecule has 1 heterocycles. The Labute approximate surface area is 86.6 Å². The Balaban J connectivity index is 0.000000845. The van der Waals surface area contributed by atoms with E-state index in [2.05, 4.69) is 0 Å². The molecule has 13 heavy (non-hydrogen) atoms. The van der Waals surface area contributed by atoms with Gasteiger partial charge in [-0.15, -0.1) is 17.0 Å². The van der Waals surface area contributed by atoms with Crippen molar-refractivity contribution >= 4 is 27.9 Å². The predicted molar refractivity (Wildman–Crippen MR) is 59.5 cm³/mol. The maximum Gasteiger partial charge on any atom is 0.189 e. The van der Waals surface area contributed by atoms with Crippen LogP contribution in [0.4, 0.5) is 0 Å². The summed E-state index contributed by atoms with van der Waals surface area (Å²) >= 11 is 0. The van der Waals surface area contributed by atoms with Gasteiger partial charge in [-0.25, -0.2) is 0 Å². The molecule has 0 aliphatic heterocycles. The molecule has 2 nitrogen and oxygen atoms in total. The Hall–Kier alpha value is -1.09. The van der Waals surface area contributed by atoms with E-state index in [9.17, 15) is 4.79 Å². The number of halogens is 1. The second kappa shape index (κ2) is 3.75. The first-order valence-electron chi connectivity index (χ1n) is 3.83. The Morgan fingerprint density at radius 1 is 1.15 bits per heavy atom. The summed E-state index contributed by atoms with van der Waals surface area (Å²) in [7, 11) is 1.93. The monoisotopic (exact) mass is 239 g/mol. The van der Waals surface area contributed by atoms with E-state index >= 15 is 0 Å². The average molecular weight is 240 g/mol. The van der Waals surface area contributed by atoms with Crippen LogP contribution in [0.2, 0.25) is 0 Å². The molecule has 0 unspecified atom stereocenters. The Kier molecular flexibility index (Phi) is 2.88. The van der Waals surface area contributed by atoms with Gasteiger partial charge >= 0.3 is 0 Å². The maximum atomic E-state index is 11.3. The third-order valence-electron chi connectivity index (χ3n) is 2.00. The van der Waals surface area contributed by atoms with Gasteiger partial charge in [0.25, 0.3) is 0 Å². The van der Waals surface area contributed by atoms with Gasteiger partial charge in [-0.3, -0.25) is 4.79 Å². The second-order valence-electron chi connectivity index (χ2n) is 2.81. The lowest BCUT2D eigenvalue weighted by Gasteiger charge is -2.02. The number of aryl methyl sites for hydroxylation is 1. The first kappa shape index (κ1) is 9.99. The van der Waals surface area contributed by atoms with Gasteiger partial charge in [-0.05, 0) is 12.1 Å². The van der Waals surface area contributed by atoms with E-state index in [1.54, 1.807) is 12.3 Å². The zero-order valence-corrected chi connectivity index (χ0v) is 8.94. The van der Waals surface area contributed by atoms with E-state index in [4.69, 9.17) is 0 Å². The van der Waals surface area contributed by atoms with Gasteiger partial charge in [0.05, 0.1) is 5.52 Å². The first-order valence-corrected chi connectivity index (χ1v) is 3.83. The largest absolute Gasteiger partial charge is 0.350 e. The zero-order valence-electron chi connectivity index (χ0n) is 7.23. The molecule has 0 amide bonds. The standard InChI is InChI=1S/C10H9NO.BrH/c1-11-7-6-10(12)8-4-2-3-5-9(8)11;/h2-7H,1H3;1H. The summed E-state index contributed by atoms with van der Waals surface area (Å²) in [4.78, 5) is 11.3. The first-order chi connectivity index (χ1) is 5.79. The highest BCUT2D eigenvalue weighted by atomic mass is 79.9. The van der Waals surface area contributed by atoms with Crippen LogP contribution in [0.15, 0.2) is 41.3 Å². The molecule has 0 fully saturated rings. The van der Waals surface area contributed by atoms with Gasteiger partial charge < -0.3 is 4.57 Å². The molecule has 0 saturated heterocycles. The fourth-order valence-corrected chi connectivity index (χ4v) is 1.34. The van der Waals surface area contributed by atoms with Crippen molar-refractivity contribution in [1.29, 1.82) is 0 Å². The van der Waals surface area contributed by atoms with E-state index < -0.39 is 0 Å². The van der Waals surface area contributed by atoms with E-state index in [1.807, 2.05) is 35.9 Å². The van der Waals surface area contributed by atoms with Crippen LogP contribution in [-0.4, -0.2) is 4.57 Å². The number of hydrogen-bond acceptors (Lipinski definition) is 1. The summed E-state index contributed by atoms with van der Waals surface area (Å²) in [5.74, 6) is 0. The van der Waals surface area contributed by atoms with Gasteiger partial charge in [-0.2, -0.15) is 0 Å². The summed E-state index contributed by atoms with van der Waals surface area (Å²) in [5, 5.41) is 0.780. The summed E-state index contributed by atoms with van der Waals surface area (Å²) < 4.78 is 1.94. The number of benzene rings is 1. The lowest BCUT2D eigenvalue weighted by molar-refractivity contribution is 0.950. The normalized spacial score (nSPS) is 9.62. The van der Waals surface area contributed by atoms with Gasteiger partial charge in [0, 0.05) is 24.7 Å². The molecule has 0 aliphatic carbocycles. The van der Waals surface area contributed by atoms with Gasteiger partial charge in [-0.1, -0.05) is 12.1 Å². The lowest BCUT2D eigenvalue weighted by Crippen LogP contribution is -2.04. The van der Waals surface area contributed by atoms with Crippen LogP contribution in [0, 0.1) is 0 Å². The van der Waals surface area contributed by atoms with Crippen LogP contribution in [-0.2, 0) is 7.05 Å². The zero-order chi connectivity index (χ0) is 8.55. The molecule has 0 atom stereocenters. The number of para-hydroxylation sites is 1. The molecule has 0 N–H and O–H groups in total. The Morgan fingerprint density at radius 3 is 2.54 bits per heavy atom. The van der Waals surface area contributed by atoms with E-state index in [1.165, 1.54) is 0 Å². The molecular formula is C10H10BrNO. The number of nitrogens with zero attached hydrogens (tertiary/aromatic N) is 1. The van der Waals surface area contributed by atoms with Crippen LogP contribution in [0.1, 0.15) is 0 Å². The van der Waals surface area contributed by atoms with Crippen LogP contribution >= 0.6 is 17.0 Å². The van der Waals surface area contributed by atoms with Gasteiger partial charge in [0.2, 0.25) is 0 Å². The SMILES string of the molecule is Br.Cn1ccc(=O)c2ccccc21. The topological polar surface area (TPSA) is 22.0 Å². The molecule has 1 aromatic carbocycles. The summed E-state index contributed by atoms with van der Waals surface area (Å²) in [6, 6.07) is 9.18. The number of fused-ring (bicyclic) bond motifs is 1. The minimum atomic E-state index is 0. The molecule has 2 rings (SSSR count). The van der Waals surface area contributed by atoms with Crippen LogP contribution in [0.25, 0.3) is 10.9 Å². The number of rotatable bonds is 0. The number of hydrogen-bond donors (Lipinski definition) is 0. The summed E-state index contributed by atoms with van der Waals surface area (Å²) in [6.07, 6.45) is 1.78. The third kappa shape index (κ3) is 1.65. The highest BCUT2D eigenvalue weighted by Gasteiger charge is 1.96. The van der Waals surface area contributed by atoms with Crippen molar-refractivity contribution in [3.8, 4) is 0 Å². The fraction of sp³-hybridized carbons (Fsp3) is 0.100. The molecule has 1 aromatic heterocycles. The highest BCUT2D eigenvalue weighted by molar-refractivity contribution is 8.93. The predicted octanol–water partition coefficient (Wildman–Crippen LogP) is 2.12. The molecule has 0 spiro atoms. The van der Waals surface area contributed by atoms with Crippen molar-refractivity contribution < 1.29 is 0 Å². The fourth-order valence-electron chi connectivity index (χ4n) is 1.34. The van der Waals surface area contributed by atoms with Crippen molar-refractivity contribution in [1.82, 2.24) is 4.57 Å². The average Bonchev–Trinajstić information content (AvgIpc) is 2.12. The van der Waals surface area contributed by atoms with Crippen molar-refractivity contribution in [2.45, 2.75) is 0 Å². The molecule has 0 saturated carbocycles. The van der Waals surface area contributed by atoms with Gasteiger partial charge in [0.1, 0.15) is 0 Å². The minimum Gasteiger partial charge on any atom is -0.350 e. The van der Waals surface area contributed by atoms with Crippen molar-refractivity contribution in [3.63, 3.8) is 0 Å². The highest BCUT2D eigenvalue weighted by Crippen LogP contribution is 2.06. The number of aromatic nitrogens is 1. The Morgan fingerprint density at radius 2 is 1.85 bits per heavy atom. The van der Waals surface area contributed by atoms with Crippen LogP contribution < -0.4 is 5.43 Å². The maximum absolute atomic E-state index is 11.3. The van der Waals surface area contributed by atoms with Crippen molar-refractivity contribution in [2.75, 3.05) is 0 Å². The summed E-state index contributed by atoms with van der Waals surface area (Å²) in [6.45, 7) is 0. The molecule has 0 bridgehead atoms. The lowest BCUT2D eigenvalue weighted by atomic mass is 10.2. The van der Waals surface area contributed by atoms with Crippen molar-refractivity contribution in [3.05, 3.63) is 46.8 Å². The molecule has 2 aromatic rings. The van der Waals surface area contributed by atoms with Gasteiger partial charge in [0.15, 0.2) is 5.43 Å². The third-order valence-corrected chi connectivity index (χ3v) is 2.00. The molecule has 68 valence electrons. The van der Waals surface area contributed by atoms with E-state index in [-0.39, 0.29) is 22.4 Å². The molecular weight excluding hydrogens is 230 g/mol. The van der Waals surface area contributed by atoms with E-state index in [0.29, 0.717) is 0 Å². The molecule has 0 aliphatic rings. The molecule has 3 heteroatoms. The van der Waals surface area contributed by atoms with Crippen LogP contribution in [0.3, 0.4) is 0 Å². The minimum absolute atomic E-state index is 0. The van der Waals surface area contributed by atoms with E-state index in [0.717, 1.165) is 10.9 Å².